The summed E-state index contributed by atoms with van der Waals surface area (Å²) in [5.74, 6) is 0.952. The number of ether oxygens (including phenoxy) is 2. The second-order valence-corrected chi connectivity index (χ2v) is 9.10. The molecule has 2 aromatic carbocycles. The summed E-state index contributed by atoms with van der Waals surface area (Å²) in [6, 6.07) is 15.1. The number of fused-ring (bicyclic) bond motifs is 1. The number of hydrogen-bond acceptors (Lipinski definition) is 6. The van der Waals surface area contributed by atoms with Crippen molar-refractivity contribution in [3.05, 3.63) is 76.0 Å². The van der Waals surface area contributed by atoms with Gasteiger partial charge in [-0.25, -0.2) is 13.1 Å². The van der Waals surface area contributed by atoms with E-state index in [0.717, 1.165) is 10.4 Å². The lowest BCUT2D eigenvalue weighted by Crippen LogP contribution is -2.25. The van der Waals surface area contributed by atoms with Crippen LogP contribution in [0.1, 0.15) is 20.8 Å². The molecule has 2 N–H and O–H groups in total. The summed E-state index contributed by atoms with van der Waals surface area (Å²) >= 11 is 1.47. The zero-order valence-corrected chi connectivity index (χ0v) is 16.9. The molecule has 0 saturated heterocycles. The molecule has 0 atom stereocenters. The van der Waals surface area contributed by atoms with Gasteiger partial charge in [-0.2, -0.15) is 0 Å². The van der Waals surface area contributed by atoms with Crippen LogP contribution in [0.4, 0.5) is 0 Å². The minimum Gasteiger partial charge on any atom is -0.454 e. The second-order valence-electron chi connectivity index (χ2n) is 6.30. The van der Waals surface area contributed by atoms with Crippen molar-refractivity contribution in [1.82, 2.24) is 10.0 Å². The highest BCUT2D eigenvalue weighted by molar-refractivity contribution is 7.89. The van der Waals surface area contributed by atoms with Gasteiger partial charge in [0, 0.05) is 23.5 Å². The van der Waals surface area contributed by atoms with E-state index >= 15 is 0 Å². The van der Waals surface area contributed by atoms with E-state index < -0.39 is 10.0 Å². The Bertz CT molecular complexity index is 1130. The van der Waals surface area contributed by atoms with E-state index in [9.17, 15) is 13.2 Å². The summed E-state index contributed by atoms with van der Waals surface area (Å²) in [4.78, 5) is 13.4. The van der Waals surface area contributed by atoms with E-state index in [1.807, 2.05) is 23.6 Å². The normalized spacial score (nSPS) is 12.7. The first kappa shape index (κ1) is 19.4. The number of sulfonamides is 1. The van der Waals surface area contributed by atoms with Crippen LogP contribution in [-0.2, 0) is 23.1 Å². The lowest BCUT2D eigenvalue weighted by Gasteiger charge is -2.09. The molecule has 9 heteroatoms. The fourth-order valence-electron chi connectivity index (χ4n) is 2.80. The molecule has 3 aromatic rings. The predicted molar refractivity (Wildman–Crippen MR) is 109 cm³/mol. The van der Waals surface area contributed by atoms with Crippen molar-refractivity contribution in [3.8, 4) is 11.5 Å². The van der Waals surface area contributed by atoms with Gasteiger partial charge in [0.05, 0.1) is 4.90 Å². The molecule has 1 aliphatic rings. The van der Waals surface area contributed by atoms with Gasteiger partial charge in [0.25, 0.3) is 5.91 Å². The van der Waals surface area contributed by atoms with E-state index in [2.05, 4.69) is 10.0 Å². The number of amides is 1. The summed E-state index contributed by atoms with van der Waals surface area (Å²) in [5, 5.41) is 4.67. The van der Waals surface area contributed by atoms with Crippen LogP contribution in [-0.4, -0.2) is 21.1 Å². The monoisotopic (exact) mass is 430 g/mol. The highest BCUT2D eigenvalue weighted by Gasteiger charge is 2.17. The fourth-order valence-corrected chi connectivity index (χ4v) is 4.59. The third-order valence-electron chi connectivity index (χ3n) is 4.31. The average Bonchev–Trinajstić information content (AvgIpc) is 3.42. The molecule has 0 saturated carbocycles. The van der Waals surface area contributed by atoms with Crippen LogP contribution in [0.15, 0.2) is 64.9 Å². The van der Waals surface area contributed by atoms with Gasteiger partial charge in [-0.3, -0.25) is 4.79 Å². The molecule has 0 aliphatic carbocycles. The van der Waals surface area contributed by atoms with Crippen LogP contribution in [0.25, 0.3) is 0 Å². The minimum atomic E-state index is -3.72. The van der Waals surface area contributed by atoms with E-state index in [-0.39, 0.29) is 36.2 Å². The first-order chi connectivity index (χ1) is 14.0. The topological polar surface area (TPSA) is 93.7 Å². The van der Waals surface area contributed by atoms with Gasteiger partial charge >= 0.3 is 0 Å². The van der Waals surface area contributed by atoms with Crippen molar-refractivity contribution in [2.24, 2.45) is 0 Å². The summed E-state index contributed by atoms with van der Waals surface area (Å²) in [6.45, 7) is 0.677. The molecule has 1 aromatic heterocycles. The number of nitrogens with one attached hydrogen (secondary N) is 2. The number of thiophene rings is 1. The summed E-state index contributed by atoms with van der Waals surface area (Å²) in [6.07, 6.45) is 0. The molecule has 150 valence electrons. The van der Waals surface area contributed by atoms with Gasteiger partial charge in [0.2, 0.25) is 16.8 Å². The van der Waals surface area contributed by atoms with Gasteiger partial charge in [0.15, 0.2) is 11.5 Å². The zero-order valence-electron chi connectivity index (χ0n) is 15.3. The smallest absolute Gasteiger partial charge is 0.251 e. The third kappa shape index (κ3) is 4.58. The third-order valence-corrected chi connectivity index (χ3v) is 6.59. The highest BCUT2D eigenvalue weighted by atomic mass is 32.2. The van der Waals surface area contributed by atoms with Crippen molar-refractivity contribution in [2.45, 2.75) is 18.0 Å². The van der Waals surface area contributed by atoms with Gasteiger partial charge < -0.3 is 14.8 Å². The summed E-state index contributed by atoms with van der Waals surface area (Å²) in [7, 11) is -3.72. The van der Waals surface area contributed by atoms with E-state index in [0.29, 0.717) is 11.5 Å². The molecule has 4 rings (SSSR count). The maximum Gasteiger partial charge on any atom is 0.251 e. The van der Waals surface area contributed by atoms with Crippen LogP contribution in [0.5, 0.6) is 11.5 Å². The van der Waals surface area contributed by atoms with Crippen LogP contribution < -0.4 is 19.5 Å². The Kier molecular flexibility index (Phi) is 5.52. The molecule has 7 nitrogen and oxygen atoms in total. The molecule has 0 fully saturated rings. The van der Waals surface area contributed by atoms with E-state index in [1.54, 1.807) is 24.3 Å². The Morgan fingerprint density at radius 2 is 1.86 bits per heavy atom. The number of hydrogen-bond donors (Lipinski definition) is 2. The molecule has 0 unspecified atom stereocenters. The molecular formula is C20H18N2O5S2. The Morgan fingerprint density at radius 1 is 1.00 bits per heavy atom. The number of carbonyl (C=O) groups excluding carboxylic acids is 1. The maximum absolute atomic E-state index is 12.5. The predicted octanol–water partition coefficient (Wildman–Crippen LogP) is 2.89. The number of benzene rings is 2. The summed E-state index contributed by atoms with van der Waals surface area (Å²) in [5.41, 5.74) is 1.12. The Morgan fingerprint density at radius 3 is 2.69 bits per heavy atom. The molecule has 29 heavy (non-hydrogen) atoms. The van der Waals surface area contributed by atoms with Gasteiger partial charge in [0.1, 0.15) is 0 Å². The van der Waals surface area contributed by atoms with Crippen molar-refractivity contribution < 1.29 is 22.7 Å². The summed E-state index contributed by atoms with van der Waals surface area (Å²) < 4.78 is 38.2. The number of carbonyl (C=O) groups is 1. The molecule has 1 aliphatic heterocycles. The lowest BCUT2D eigenvalue weighted by atomic mass is 10.2. The standard InChI is InChI=1S/C20H18N2O5S2/c23-20(21-11-14-6-7-18-19(9-14)27-13-26-18)15-3-1-5-17(10-15)29(24,25)22-12-16-4-2-8-28-16/h1-10,22H,11-13H2,(H,21,23). The zero-order chi connectivity index (χ0) is 20.3. The van der Waals surface area contributed by atoms with Crippen molar-refractivity contribution in [2.75, 3.05) is 6.79 Å². The number of rotatable bonds is 7. The van der Waals surface area contributed by atoms with Gasteiger partial charge in [-0.05, 0) is 47.3 Å². The lowest BCUT2D eigenvalue weighted by molar-refractivity contribution is 0.0950. The van der Waals surface area contributed by atoms with Gasteiger partial charge in [-0.1, -0.05) is 18.2 Å². The molecule has 0 radical (unpaired) electrons. The van der Waals surface area contributed by atoms with Crippen molar-refractivity contribution >= 4 is 27.3 Å². The van der Waals surface area contributed by atoms with Crippen LogP contribution in [0.2, 0.25) is 0 Å². The van der Waals surface area contributed by atoms with Crippen LogP contribution in [0, 0.1) is 0 Å². The second kappa shape index (κ2) is 8.24. The fraction of sp³-hybridized carbons (Fsp3) is 0.150. The molecule has 1 amide bonds. The van der Waals surface area contributed by atoms with E-state index in [1.165, 1.54) is 23.5 Å². The average molecular weight is 431 g/mol. The highest BCUT2D eigenvalue weighted by Crippen LogP contribution is 2.32. The quantitative estimate of drug-likeness (QED) is 0.601. The largest absolute Gasteiger partial charge is 0.454 e. The first-order valence-corrected chi connectivity index (χ1v) is 11.2. The Balaban J connectivity index is 1.41. The first-order valence-electron chi connectivity index (χ1n) is 8.80. The Hall–Kier alpha value is -2.88. The van der Waals surface area contributed by atoms with Crippen molar-refractivity contribution in [3.63, 3.8) is 0 Å². The van der Waals surface area contributed by atoms with Gasteiger partial charge in [-0.15, -0.1) is 11.3 Å². The molecule has 2 heterocycles. The van der Waals surface area contributed by atoms with Crippen molar-refractivity contribution in [1.29, 1.82) is 0 Å². The molecular weight excluding hydrogens is 412 g/mol. The minimum absolute atomic E-state index is 0.0461. The van der Waals surface area contributed by atoms with Crippen LogP contribution in [0.3, 0.4) is 0 Å². The molecule has 0 bridgehead atoms. The molecule has 0 spiro atoms. The van der Waals surface area contributed by atoms with Crippen LogP contribution >= 0.6 is 11.3 Å². The van der Waals surface area contributed by atoms with E-state index in [4.69, 9.17) is 9.47 Å². The SMILES string of the molecule is O=C(NCc1ccc2c(c1)OCO2)c1cccc(S(=O)(=O)NCc2cccs2)c1. The Labute approximate surface area is 172 Å². The maximum atomic E-state index is 12.5.